The second-order valence-corrected chi connectivity index (χ2v) is 7.85. The van der Waals surface area contributed by atoms with Gasteiger partial charge >= 0.3 is 12.2 Å². The fourth-order valence-corrected chi connectivity index (χ4v) is 3.66. The maximum absolute atomic E-state index is 12.7. The molecule has 0 saturated carbocycles. The molecule has 4 rings (SSSR count). The van der Waals surface area contributed by atoms with E-state index >= 15 is 0 Å². The molecule has 0 unspecified atom stereocenters. The van der Waals surface area contributed by atoms with Crippen LogP contribution < -0.4 is 15.5 Å². The number of piperazine rings is 1. The highest BCUT2D eigenvalue weighted by atomic mass is 19.4. The van der Waals surface area contributed by atoms with Crippen molar-refractivity contribution in [3.63, 3.8) is 0 Å². The molecule has 1 aliphatic rings. The van der Waals surface area contributed by atoms with Gasteiger partial charge in [0.1, 0.15) is 0 Å². The smallest absolute Gasteiger partial charge is 0.368 e. The van der Waals surface area contributed by atoms with Crippen LogP contribution in [0.5, 0.6) is 0 Å². The molecule has 1 saturated heterocycles. The molecule has 0 aliphatic carbocycles. The van der Waals surface area contributed by atoms with E-state index in [1.165, 1.54) is 0 Å². The van der Waals surface area contributed by atoms with Gasteiger partial charge in [-0.25, -0.2) is 4.79 Å². The highest BCUT2D eigenvalue weighted by Crippen LogP contribution is 2.29. The lowest BCUT2D eigenvalue weighted by Crippen LogP contribution is -2.50. The Hall–Kier alpha value is -4.01. The van der Waals surface area contributed by atoms with Crippen LogP contribution in [-0.2, 0) is 6.18 Å². The van der Waals surface area contributed by atoms with E-state index in [4.69, 9.17) is 0 Å². The number of urea groups is 1. The van der Waals surface area contributed by atoms with Gasteiger partial charge in [-0.15, -0.1) is 0 Å². The number of halogens is 3. The maximum atomic E-state index is 12.7. The minimum absolute atomic E-state index is 0.132. The molecule has 0 aromatic heterocycles. The van der Waals surface area contributed by atoms with Crippen molar-refractivity contribution in [2.24, 2.45) is 0 Å². The summed E-state index contributed by atoms with van der Waals surface area (Å²) >= 11 is 0. The molecule has 34 heavy (non-hydrogen) atoms. The lowest BCUT2D eigenvalue weighted by atomic mass is 10.1. The first-order valence-corrected chi connectivity index (χ1v) is 10.7. The van der Waals surface area contributed by atoms with Crippen molar-refractivity contribution in [2.75, 3.05) is 41.7 Å². The first kappa shape index (κ1) is 23.2. The Morgan fingerprint density at radius 2 is 1.29 bits per heavy atom. The number of nitrogens with zero attached hydrogens (tertiary/aromatic N) is 2. The van der Waals surface area contributed by atoms with Gasteiger partial charge in [-0.2, -0.15) is 13.2 Å². The molecule has 1 fully saturated rings. The summed E-state index contributed by atoms with van der Waals surface area (Å²) in [5, 5.41) is 5.58. The quantitative estimate of drug-likeness (QED) is 0.545. The van der Waals surface area contributed by atoms with E-state index in [1.807, 2.05) is 42.5 Å². The van der Waals surface area contributed by atoms with Crippen LogP contribution in [0, 0.1) is 0 Å². The Balaban J connectivity index is 1.29. The van der Waals surface area contributed by atoms with Crippen molar-refractivity contribution in [1.29, 1.82) is 0 Å². The number of para-hydroxylation sites is 1. The third-order valence-corrected chi connectivity index (χ3v) is 5.56. The highest BCUT2D eigenvalue weighted by Gasteiger charge is 2.30. The predicted octanol–water partition coefficient (Wildman–Crippen LogP) is 5.31. The number of benzene rings is 3. The van der Waals surface area contributed by atoms with E-state index in [0.29, 0.717) is 31.9 Å². The summed E-state index contributed by atoms with van der Waals surface area (Å²) in [6.07, 6.45) is -4.44. The number of rotatable bonds is 4. The molecular weight excluding hydrogens is 445 g/mol. The number of hydrogen-bond donors (Lipinski definition) is 2. The summed E-state index contributed by atoms with van der Waals surface area (Å²) < 4.78 is 38.0. The molecule has 0 bridgehead atoms. The minimum atomic E-state index is -4.44. The zero-order chi connectivity index (χ0) is 24.1. The molecule has 1 heterocycles. The molecule has 0 radical (unpaired) electrons. The van der Waals surface area contributed by atoms with Crippen molar-refractivity contribution in [2.45, 2.75) is 6.18 Å². The Labute approximate surface area is 195 Å². The average Bonchev–Trinajstić information content (AvgIpc) is 2.85. The summed E-state index contributed by atoms with van der Waals surface area (Å²) in [4.78, 5) is 28.7. The van der Waals surface area contributed by atoms with Crippen molar-refractivity contribution < 1.29 is 22.8 Å². The lowest BCUT2D eigenvalue weighted by Gasteiger charge is -2.36. The SMILES string of the molecule is O=C(Nc1ccc(N2CCN(C(=O)Nc3ccccc3)CC2)cc1)c1ccc(C(F)(F)F)cc1. The number of carbonyl (C=O) groups excluding carboxylic acids is 2. The van der Waals surface area contributed by atoms with Crippen LogP contribution in [0.15, 0.2) is 78.9 Å². The van der Waals surface area contributed by atoms with Crippen LogP contribution in [0.3, 0.4) is 0 Å². The molecule has 3 amide bonds. The molecule has 6 nitrogen and oxygen atoms in total. The van der Waals surface area contributed by atoms with Gasteiger partial charge in [0.2, 0.25) is 0 Å². The van der Waals surface area contributed by atoms with Crippen LogP contribution in [0.1, 0.15) is 15.9 Å². The van der Waals surface area contributed by atoms with E-state index < -0.39 is 17.6 Å². The topological polar surface area (TPSA) is 64.7 Å². The molecule has 1 aliphatic heterocycles. The molecule has 0 atom stereocenters. The Kier molecular flexibility index (Phi) is 6.72. The monoisotopic (exact) mass is 468 g/mol. The van der Waals surface area contributed by atoms with Crippen LogP contribution in [-0.4, -0.2) is 43.0 Å². The van der Waals surface area contributed by atoms with E-state index in [0.717, 1.165) is 35.6 Å². The highest BCUT2D eigenvalue weighted by molar-refractivity contribution is 6.04. The zero-order valence-electron chi connectivity index (χ0n) is 18.2. The average molecular weight is 468 g/mol. The minimum Gasteiger partial charge on any atom is -0.368 e. The molecular formula is C25H23F3N4O2. The second-order valence-electron chi connectivity index (χ2n) is 7.85. The Bertz CT molecular complexity index is 1130. The van der Waals surface area contributed by atoms with Gasteiger partial charge in [-0.3, -0.25) is 4.79 Å². The summed E-state index contributed by atoms with van der Waals surface area (Å²) in [6.45, 7) is 2.48. The van der Waals surface area contributed by atoms with E-state index in [9.17, 15) is 22.8 Å². The lowest BCUT2D eigenvalue weighted by molar-refractivity contribution is -0.137. The first-order valence-electron chi connectivity index (χ1n) is 10.7. The second kappa shape index (κ2) is 9.86. The van der Waals surface area contributed by atoms with Crippen molar-refractivity contribution in [1.82, 2.24) is 4.90 Å². The van der Waals surface area contributed by atoms with Crippen LogP contribution in [0.4, 0.5) is 35.0 Å². The number of anilines is 3. The third-order valence-electron chi connectivity index (χ3n) is 5.56. The Morgan fingerprint density at radius 3 is 1.88 bits per heavy atom. The third kappa shape index (κ3) is 5.67. The van der Waals surface area contributed by atoms with Gasteiger partial charge in [-0.05, 0) is 60.7 Å². The molecule has 9 heteroatoms. The summed E-state index contributed by atoms with van der Waals surface area (Å²) in [7, 11) is 0. The van der Waals surface area contributed by atoms with E-state index in [1.54, 1.807) is 17.0 Å². The van der Waals surface area contributed by atoms with Gasteiger partial charge in [0.25, 0.3) is 5.91 Å². The van der Waals surface area contributed by atoms with Gasteiger partial charge in [0.05, 0.1) is 5.56 Å². The number of carbonyl (C=O) groups is 2. The standard InChI is InChI=1S/C25H23F3N4O2/c26-25(27,28)19-8-6-18(7-9-19)23(33)29-21-10-12-22(13-11-21)31-14-16-32(17-15-31)24(34)30-20-4-2-1-3-5-20/h1-13H,14-17H2,(H,29,33)(H,30,34). The van der Waals surface area contributed by atoms with Crippen molar-refractivity contribution in [3.8, 4) is 0 Å². The molecule has 3 aromatic carbocycles. The summed E-state index contributed by atoms with van der Waals surface area (Å²) in [5.41, 5.74) is 1.59. The molecule has 176 valence electrons. The predicted molar refractivity (Wildman–Crippen MR) is 125 cm³/mol. The van der Waals surface area contributed by atoms with Crippen molar-refractivity contribution in [3.05, 3.63) is 90.0 Å². The van der Waals surface area contributed by atoms with Crippen LogP contribution >= 0.6 is 0 Å². The van der Waals surface area contributed by atoms with Gasteiger partial charge in [-0.1, -0.05) is 18.2 Å². The number of alkyl halides is 3. The molecule has 3 aromatic rings. The van der Waals surface area contributed by atoms with Gasteiger partial charge < -0.3 is 20.4 Å². The van der Waals surface area contributed by atoms with Gasteiger partial charge in [0, 0.05) is 48.8 Å². The van der Waals surface area contributed by atoms with Gasteiger partial charge in [0.15, 0.2) is 0 Å². The largest absolute Gasteiger partial charge is 0.416 e. The molecule has 0 spiro atoms. The normalized spacial score (nSPS) is 14.0. The van der Waals surface area contributed by atoms with Crippen molar-refractivity contribution >= 4 is 29.0 Å². The maximum Gasteiger partial charge on any atom is 0.416 e. The number of hydrogen-bond acceptors (Lipinski definition) is 3. The fraction of sp³-hybridized carbons (Fsp3) is 0.200. The summed E-state index contributed by atoms with van der Waals surface area (Å²) in [5.74, 6) is -0.487. The fourth-order valence-electron chi connectivity index (χ4n) is 3.66. The van der Waals surface area contributed by atoms with Crippen LogP contribution in [0.2, 0.25) is 0 Å². The Morgan fingerprint density at radius 1 is 0.706 bits per heavy atom. The summed E-state index contributed by atoms with van der Waals surface area (Å²) in [6, 6.07) is 20.5. The molecule has 2 N–H and O–H groups in total. The number of nitrogens with one attached hydrogen (secondary N) is 2. The van der Waals surface area contributed by atoms with Crippen LogP contribution in [0.25, 0.3) is 0 Å². The zero-order valence-corrected chi connectivity index (χ0v) is 18.2. The van der Waals surface area contributed by atoms with E-state index in [2.05, 4.69) is 15.5 Å². The first-order chi connectivity index (χ1) is 16.3. The number of amides is 3. The van der Waals surface area contributed by atoms with E-state index in [-0.39, 0.29) is 11.6 Å².